The molecule has 2 bridgehead atoms. The second-order valence-electron chi connectivity index (χ2n) is 21.2. The van der Waals surface area contributed by atoms with Crippen LogP contribution in [0.5, 0.6) is 11.5 Å². The number of carbonyl (C=O) groups excluding carboxylic acids is 6. The molecular formula is C52H60Cl2F3N10O14P. The monoisotopic (exact) mass is 1210 g/mol. The van der Waals surface area contributed by atoms with Gasteiger partial charge in [0.1, 0.15) is 12.6 Å². The first-order valence-corrected chi connectivity index (χ1v) is 28.1. The van der Waals surface area contributed by atoms with Crippen LogP contribution in [0.15, 0.2) is 48.8 Å². The number of aromatic amines is 2. The first-order chi connectivity index (χ1) is 38.4. The third-order valence-electron chi connectivity index (χ3n) is 15.5. The summed E-state index contributed by atoms with van der Waals surface area (Å²) in [6.45, 7) is 4.40. The van der Waals surface area contributed by atoms with E-state index in [0.717, 1.165) is 27.6 Å². The number of nitrogens with zero attached hydrogens (tertiary/aromatic N) is 4. The largest absolute Gasteiger partial charge is 0.524 e. The van der Waals surface area contributed by atoms with Crippen LogP contribution in [0.2, 0.25) is 0 Å². The van der Waals surface area contributed by atoms with Gasteiger partial charge in [0.15, 0.2) is 11.5 Å². The number of likely N-dealkylation sites (N-methyl/N-ethyl adjacent to an activating group) is 2. The van der Waals surface area contributed by atoms with Crippen molar-refractivity contribution < 1.29 is 80.2 Å². The SMILES string of the molecule is Cc1c[nH]c2c(OC(=O)N(C)CCN(C)C(=O)OCc3ccc(N[C@@H](CCC(N)C(N)=O)C(N)=O)cc3)cc3c(c12)[C@H](CCl)CN3C(=O)C12CC(C(=O)N3C[C@@H](CCl)c4c3cc(OP(=O)(O)O)c3[nH]cc(C)c43)(C1)C2.O=C(O)C(F)(F)F. The van der Waals surface area contributed by atoms with Crippen molar-refractivity contribution in [3.05, 3.63) is 76.6 Å². The first kappa shape index (κ1) is 60.8. The van der Waals surface area contributed by atoms with Gasteiger partial charge in [0.25, 0.3) is 0 Å². The van der Waals surface area contributed by atoms with Gasteiger partial charge in [0.2, 0.25) is 23.6 Å². The van der Waals surface area contributed by atoms with Gasteiger partial charge in [-0.05, 0) is 85.9 Å². The van der Waals surface area contributed by atoms with Crippen molar-refractivity contribution in [3.8, 4) is 11.5 Å². The summed E-state index contributed by atoms with van der Waals surface area (Å²) in [5.41, 5.74) is 21.3. The number of ether oxygens (including phenoxy) is 2. The molecule has 0 radical (unpaired) electrons. The Kier molecular flexibility index (Phi) is 17.2. The number of H-pyrrole nitrogens is 2. The summed E-state index contributed by atoms with van der Waals surface area (Å²) >= 11 is 13.1. The summed E-state index contributed by atoms with van der Waals surface area (Å²) in [7, 11) is -1.91. The second kappa shape index (κ2) is 23.2. The maximum Gasteiger partial charge on any atom is 0.524 e. The lowest BCUT2D eigenvalue weighted by molar-refractivity contribution is -0.205. The molecule has 12 N–H and O–H groups in total. The fraction of sp³-hybridized carbons (Fsp3) is 0.442. The Balaban J connectivity index is 0.00000118. The summed E-state index contributed by atoms with van der Waals surface area (Å²) in [5.74, 6) is -4.42. The number of benzene rings is 3. The highest BCUT2D eigenvalue weighted by molar-refractivity contribution is 7.46. The summed E-state index contributed by atoms with van der Waals surface area (Å²) in [6, 6.07) is 8.23. The van der Waals surface area contributed by atoms with E-state index in [1.165, 1.54) is 30.0 Å². The Labute approximate surface area is 475 Å². The molecule has 10 rings (SSSR count). The molecule has 6 amide bonds. The van der Waals surface area contributed by atoms with Gasteiger partial charge >= 0.3 is 32.2 Å². The van der Waals surface area contributed by atoms with Crippen LogP contribution in [0.3, 0.4) is 0 Å². The molecule has 30 heteroatoms. The van der Waals surface area contributed by atoms with E-state index in [4.69, 9.17) is 64.3 Å². The van der Waals surface area contributed by atoms with Crippen LogP contribution >= 0.6 is 31.0 Å². The van der Waals surface area contributed by atoms with Crippen molar-refractivity contribution in [1.29, 1.82) is 0 Å². The summed E-state index contributed by atoms with van der Waals surface area (Å²) < 4.78 is 60.4. The Hall–Kier alpha value is -7.29. The maximum atomic E-state index is 14.8. The molecule has 3 aliphatic carbocycles. The first-order valence-electron chi connectivity index (χ1n) is 25.5. The van der Waals surface area contributed by atoms with Crippen LogP contribution < -0.4 is 41.6 Å². The van der Waals surface area contributed by atoms with E-state index in [1.54, 1.807) is 52.5 Å². The fourth-order valence-corrected chi connectivity index (χ4v) is 12.2. The topological polar surface area (TPSA) is 360 Å². The van der Waals surface area contributed by atoms with Crippen LogP contribution in [-0.2, 0) is 39.9 Å². The van der Waals surface area contributed by atoms with E-state index in [2.05, 4.69) is 15.3 Å². The number of fused-ring (bicyclic) bond motifs is 6. The quantitative estimate of drug-likeness (QED) is 0.0331. The number of rotatable bonds is 19. The minimum Gasteiger partial charge on any atom is -0.475 e. The van der Waals surface area contributed by atoms with Gasteiger partial charge < -0.3 is 71.2 Å². The van der Waals surface area contributed by atoms with Gasteiger partial charge in [0.05, 0.1) is 39.3 Å². The number of aliphatic carboxylic acids is 1. The highest BCUT2D eigenvalue weighted by Gasteiger charge is 2.76. The number of halogens is 5. The summed E-state index contributed by atoms with van der Waals surface area (Å²) in [5, 5.41) is 11.6. The Morgan fingerprint density at radius 2 is 1.26 bits per heavy atom. The molecule has 0 spiro atoms. The molecule has 24 nitrogen and oxygen atoms in total. The van der Waals surface area contributed by atoms with Crippen molar-refractivity contribution in [2.75, 3.05) is 67.2 Å². The number of anilines is 3. The number of carboxylic acid groups (broad SMARTS) is 1. The molecule has 82 heavy (non-hydrogen) atoms. The van der Waals surface area contributed by atoms with Crippen molar-refractivity contribution in [3.63, 3.8) is 0 Å². The standard InChI is InChI=1S/C50H59Cl2N10O12P.C2HF3O2/c1-25-17-56-41-35(73-48(68)60(4)12-11-59(3)47(67)72-21-27-5-7-30(8-6-27)58-32(44(55)64)10-9-31(53)43(54)63)13-33-39(37(25)41)28(15-51)19-61(33)45(65)49-22-50(23-49,24-49)46(66)62-20-29(16-52)40-34(62)14-36(74-75(69,70)71)42-38(40)26(2)18-57-42;3-2(4,5)1(6)7/h5-8,13-14,17-18,28-29,31-32,56-58H,9-12,15-16,19-24,53H2,1-4H3,(H2,54,63)(H2,55,64)(H2,69,70,71);(H,6,7)/t28-,29-,31?,32+,49?,50?;/m1./s1. The lowest BCUT2D eigenvalue weighted by atomic mass is 9.34. The lowest BCUT2D eigenvalue weighted by Crippen LogP contribution is -2.73. The highest BCUT2D eigenvalue weighted by Crippen LogP contribution is 2.75. The van der Waals surface area contributed by atoms with Crippen LogP contribution in [0.4, 0.5) is 39.8 Å². The number of carbonyl (C=O) groups is 7. The predicted molar refractivity (Wildman–Crippen MR) is 294 cm³/mol. The van der Waals surface area contributed by atoms with E-state index >= 15 is 0 Å². The molecule has 442 valence electrons. The molecule has 2 aliphatic heterocycles. The number of phosphoric ester groups is 1. The zero-order chi connectivity index (χ0) is 60.1. The van der Waals surface area contributed by atoms with E-state index in [1.807, 2.05) is 13.8 Å². The van der Waals surface area contributed by atoms with Gasteiger partial charge in [-0.2, -0.15) is 13.2 Å². The zero-order valence-corrected chi connectivity index (χ0v) is 47.0. The number of hydrogen-bond acceptors (Lipinski definition) is 13. The number of nitrogens with two attached hydrogens (primary N) is 3. The van der Waals surface area contributed by atoms with Crippen molar-refractivity contribution in [2.24, 2.45) is 28.0 Å². The van der Waals surface area contributed by atoms with Gasteiger partial charge in [-0.1, -0.05) is 12.1 Å². The number of carboxylic acids is 1. The van der Waals surface area contributed by atoms with E-state index in [9.17, 15) is 56.3 Å². The number of hydrogen-bond donors (Lipinski definition) is 9. The highest BCUT2D eigenvalue weighted by atomic mass is 35.5. The smallest absolute Gasteiger partial charge is 0.475 e. The number of alkyl halides is 5. The molecule has 5 aromatic rings. The van der Waals surface area contributed by atoms with Crippen LogP contribution in [0, 0.1) is 24.7 Å². The molecule has 3 saturated carbocycles. The maximum absolute atomic E-state index is 14.8. The van der Waals surface area contributed by atoms with Gasteiger partial charge in [-0.25, -0.2) is 18.9 Å². The van der Waals surface area contributed by atoms with Gasteiger partial charge in [0, 0.05) is 105 Å². The second-order valence-corrected chi connectivity index (χ2v) is 23.0. The van der Waals surface area contributed by atoms with E-state index < -0.39 is 66.9 Å². The molecule has 4 atom stereocenters. The minimum absolute atomic E-state index is 0.0641. The third-order valence-corrected chi connectivity index (χ3v) is 16.6. The molecule has 2 aromatic heterocycles. The number of phosphoric acid groups is 1. The molecule has 1 unspecified atom stereocenters. The molecule has 4 heterocycles. The Morgan fingerprint density at radius 1 is 0.793 bits per heavy atom. The fourth-order valence-electron chi connectivity index (χ4n) is 11.3. The average molecular weight is 1210 g/mol. The molecule has 3 fully saturated rings. The predicted octanol–water partition coefficient (Wildman–Crippen LogP) is 6.14. The Morgan fingerprint density at radius 3 is 1.70 bits per heavy atom. The van der Waals surface area contributed by atoms with Crippen molar-refractivity contribution in [2.45, 2.75) is 82.7 Å². The third kappa shape index (κ3) is 12.0. The minimum atomic E-state index is -5.08. The molecule has 3 aromatic carbocycles. The van der Waals surface area contributed by atoms with Crippen molar-refractivity contribution in [1.82, 2.24) is 19.8 Å². The zero-order valence-electron chi connectivity index (χ0n) is 44.6. The Bertz CT molecular complexity index is 3410. The van der Waals surface area contributed by atoms with Crippen LogP contribution in [-0.4, -0.2) is 147 Å². The average Bonchev–Trinajstić information content (AvgIpc) is 1.10. The van der Waals surface area contributed by atoms with E-state index in [0.29, 0.717) is 58.3 Å². The van der Waals surface area contributed by atoms with Gasteiger partial charge in [-0.3, -0.25) is 29.0 Å². The van der Waals surface area contributed by atoms with Crippen molar-refractivity contribution >= 4 is 112 Å². The number of amides is 6. The van der Waals surface area contributed by atoms with Crippen LogP contribution in [0.25, 0.3) is 21.8 Å². The van der Waals surface area contributed by atoms with E-state index in [-0.39, 0.29) is 92.5 Å². The normalized spacial score (nSPS) is 20.3. The lowest BCUT2D eigenvalue weighted by Gasteiger charge is -2.69. The number of aryl methyl sites for hydroxylation is 2. The summed E-state index contributed by atoms with van der Waals surface area (Å²) in [4.78, 5) is 120. The van der Waals surface area contributed by atoms with Crippen LogP contribution in [0.1, 0.15) is 71.8 Å². The number of primary amides is 2. The number of nitrogens with one attached hydrogen (secondary N) is 3. The molecule has 0 saturated heterocycles. The van der Waals surface area contributed by atoms with Gasteiger partial charge in [-0.15, -0.1) is 23.2 Å². The molecular weight excluding hydrogens is 1150 g/mol. The summed E-state index contributed by atoms with van der Waals surface area (Å²) in [6.07, 6.45) is -1.68. The number of aromatic nitrogens is 2. The molecule has 5 aliphatic rings.